The quantitative estimate of drug-likeness (QED) is 0.211. The van der Waals surface area contributed by atoms with Gasteiger partial charge in [0.15, 0.2) is 0 Å². The van der Waals surface area contributed by atoms with Gasteiger partial charge in [0.25, 0.3) is 0 Å². The number of hydrogen-bond acceptors (Lipinski definition) is 1. The molecule has 200 valence electrons. The lowest BCUT2D eigenvalue weighted by atomic mass is 9.99. The van der Waals surface area contributed by atoms with Gasteiger partial charge >= 0.3 is 0 Å². The van der Waals surface area contributed by atoms with E-state index in [1.165, 1.54) is 43.5 Å². The SMILES string of the molecule is c1ccc(-n2c3ccccc3c3c4oc5c(c6ccccc6c6c5c5ccccc5n6-c5ccccc5)c4ccc32)cc1. The van der Waals surface area contributed by atoms with Crippen molar-refractivity contribution in [3.63, 3.8) is 0 Å². The van der Waals surface area contributed by atoms with Crippen LogP contribution in [0, 0.1) is 0 Å². The van der Waals surface area contributed by atoms with E-state index < -0.39 is 0 Å². The number of benzene rings is 7. The second kappa shape index (κ2) is 8.37. The number of nitrogens with zero attached hydrogens (tertiary/aromatic N) is 2. The van der Waals surface area contributed by atoms with E-state index in [1.807, 2.05) is 0 Å². The Morgan fingerprint density at radius 1 is 0.326 bits per heavy atom. The minimum atomic E-state index is 0.938. The van der Waals surface area contributed by atoms with Gasteiger partial charge in [0.1, 0.15) is 11.2 Å². The topological polar surface area (TPSA) is 23.0 Å². The molecule has 0 bridgehead atoms. The highest BCUT2D eigenvalue weighted by Gasteiger charge is 2.25. The van der Waals surface area contributed by atoms with Crippen molar-refractivity contribution >= 4 is 76.3 Å². The summed E-state index contributed by atoms with van der Waals surface area (Å²) in [6.07, 6.45) is 0. The number of hydrogen-bond donors (Lipinski definition) is 0. The molecule has 3 heteroatoms. The van der Waals surface area contributed by atoms with E-state index >= 15 is 0 Å². The van der Waals surface area contributed by atoms with Crippen molar-refractivity contribution < 1.29 is 4.42 Å². The third kappa shape index (κ3) is 2.93. The maximum Gasteiger partial charge on any atom is 0.146 e. The molecule has 0 saturated carbocycles. The molecule has 43 heavy (non-hydrogen) atoms. The summed E-state index contributed by atoms with van der Waals surface area (Å²) >= 11 is 0. The van der Waals surface area contributed by atoms with Gasteiger partial charge in [-0.3, -0.25) is 0 Å². The highest BCUT2D eigenvalue weighted by molar-refractivity contribution is 6.37. The molecule has 0 aliphatic rings. The van der Waals surface area contributed by atoms with Crippen molar-refractivity contribution in [1.29, 1.82) is 0 Å². The Balaban J connectivity index is 1.47. The zero-order valence-corrected chi connectivity index (χ0v) is 23.2. The average molecular weight is 549 g/mol. The van der Waals surface area contributed by atoms with E-state index in [2.05, 4.69) is 155 Å². The number of rotatable bonds is 2. The molecule has 3 heterocycles. The van der Waals surface area contributed by atoms with Crippen molar-refractivity contribution in [2.75, 3.05) is 0 Å². The molecule has 10 rings (SSSR count). The first-order valence-corrected chi connectivity index (χ1v) is 14.7. The molecule has 3 nitrogen and oxygen atoms in total. The second-order valence-electron chi connectivity index (χ2n) is 11.3. The number of para-hydroxylation sites is 4. The molecule has 0 radical (unpaired) electrons. The van der Waals surface area contributed by atoms with Crippen molar-refractivity contribution in [2.45, 2.75) is 0 Å². The Bertz CT molecular complexity index is 2710. The summed E-state index contributed by atoms with van der Waals surface area (Å²) in [6, 6.07) is 52.0. The lowest BCUT2D eigenvalue weighted by Gasteiger charge is -2.10. The highest BCUT2D eigenvalue weighted by Crippen LogP contribution is 2.48. The Kier molecular flexibility index (Phi) is 4.45. The maximum absolute atomic E-state index is 7.18. The summed E-state index contributed by atoms with van der Waals surface area (Å²) in [7, 11) is 0. The van der Waals surface area contributed by atoms with Gasteiger partial charge in [-0.1, -0.05) is 97.1 Å². The lowest BCUT2D eigenvalue weighted by molar-refractivity contribution is 0.677. The Morgan fingerprint density at radius 3 is 1.56 bits per heavy atom. The maximum atomic E-state index is 7.18. The normalized spacial score (nSPS) is 12.2. The minimum Gasteiger partial charge on any atom is -0.455 e. The molecule has 0 aliphatic heterocycles. The number of furan rings is 1. The minimum absolute atomic E-state index is 0.938. The molecule has 0 saturated heterocycles. The number of fused-ring (bicyclic) bond motifs is 14. The van der Waals surface area contributed by atoms with Gasteiger partial charge in [0, 0.05) is 38.3 Å². The standard InChI is InChI=1S/C40H24N2O/c1-3-13-25(14-4-1)41-32-21-11-9-19-29(32)36-34(41)24-23-31-35-27-17-7-8-18-28(27)38-37(40(35)43-39(31)36)30-20-10-12-22-33(30)42(38)26-15-5-2-6-16-26/h1-24H. The monoisotopic (exact) mass is 548 g/mol. The van der Waals surface area contributed by atoms with E-state index in [1.54, 1.807) is 0 Å². The second-order valence-corrected chi connectivity index (χ2v) is 11.3. The molecule has 0 N–H and O–H groups in total. The third-order valence-electron chi connectivity index (χ3n) is 9.07. The fourth-order valence-corrected chi connectivity index (χ4v) is 7.38. The van der Waals surface area contributed by atoms with E-state index in [4.69, 9.17) is 4.42 Å². The molecule has 0 aliphatic carbocycles. The van der Waals surface area contributed by atoms with Gasteiger partial charge in [-0.15, -0.1) is 0 Å². The van der Waals surface area contributed by atoms with Gasteiger partial charge in [0.2, 0.25) is 0 Å². The van der Waals surface area contributed by atoms with Gasteiger partial charge in [0.05, 0.1) is 32.8 Å². The summed E-state index contributed by atoms with van der Waals surface area (Å²) in [5.41, 5.74) is 8.83. The summed E-state index contributed by atoms with van der Waals surface area (Å²) in [5.74, 6) is 0. The third-order valence-corrected chi connectivity index (χ3v) is 9.07. The molecular weight excluding hydrogens is 524 g/mol. The highest BCUT2D eigenvalue weighted by atomic mass is 16.3. The van der Waals surface area contributed by atoms with E-state index in [0.29, 0.717) is 0 Å². The van der Waals surface area contributed by atoms with Crippen LogP contribution in [0.2, 0.25) is 0 Å². The van der Waals surface area contributed by atoms with Gasteiger partial charge in [-0.05, 0) is 53.9 Å². The molecular formula is C40H24N2O. The van der Waals surface area contributed by atoms with E-state index in [-0.39, 0.29) is 0 Å². The van der Waals surface area contributed by atoms with Crippen LogP contribution in [0.15, 0.2) is 150 Å². The predicted molar refractivity (Wildman–Crippen MR) is 180 cm³/mol. The van der Waals surface area contributed by atoms with Crippen LogP contribution >= 0.6 is 0 Å². The Morgan fingerprint density at radius 2 is 0.860 bits per heavy atom. The lowest BCUT2D eigenvalue weighted by Crippen LogP contribution is -1.94. The van der Waals surface area contributed by atoms with Crippen LogP contribution in [0.25, 0.3) is 87.7 Å². The first kappa shape index (κ1) is 22.8. The van der Waals surface area contributed by atoms with Crippen LogP contribution in [-0.2, 0) is 0 Å². The Hall–Kier alpha value is -5.80. The van der Waals surface area contributed by atoms with Crippen LogP contribution in [0.4, 0.5) is 0 Å². The average Bonchev–Trinajstić information content (AvgIpc) is 3.74. The first-order valence-electron chi connectivity index (χ1n) is 14.7. The van der Waals surface area contributed by atoms with Gasteiger partial charge in [-0.25, -0.2) is 0 Å². The fraction of sp³-hybridized carbons (Fsp3) is 0. The first-order chi connectivity index (χ1) is 21.4. The van der Waals surface area contributed by atoms with Gasteiger partial charge < -0.3 is 13.6 Å². The van der Waals surface area contributed by atoms with Crippen molar-refractivity contribution in [1.82, 2.24) is 9.13 Å². The summed E-state index contributed by atoms with van der Waals surface area (Å²) in [5, 5.41) is 9.44. The van der Waals surface area contributed by atoms with Crippen LogP contribution in [0.5, 0.6) is 0 Å². The summed E-state index contributed by atoms with van der Waals surface area (Å²) < 4.78 is 11.9. The van der Waals surface area contributed by atoms with Gasteiger partial charge in [-0.2, -0.15) is 0 Å². The van der Waals surface area contributed by atoms with Crippen LogP contribution in [0.1, 0.15) is 0 Å². The van der Waals surface area contributed by atoms with Crippen molar-refractivity contribution in [3.8, 4) is 11.4 Å². The molecule has 0 fully saturated rings. The van der Waals surface area contributed by atoms with Crippen LogP contribution < -0.4 is 0 Å². The van der Waals surface area contributed by atoms with E-state index in [9.17, 15) is 0 Å². The van der Waals surface area contributed by atoms with E-state index in [0.717, 1.165) is 44.2 Å². The smallest absolute Gasteiger partial charge is 0.146 e. The summed E-state index contributed by atoms with van der Waals surface area (Å²) in [6.45, 7) is 0. The van der Waals surface area contributed by atoms with Crippen LogP contribution in [-0.4, -0.2) is 9.13 Å². The molecule has 0 unspecified atom stereocenters. The molecule has 0 amide bonds. The molecule has 0 atom stereocenters. The van der Waals surface area contributed by atoms with Crippen molar-refractivity contribution in [2.24, 2.45) is 0 Å². The Labute approximate surface area is 246 Å². The number of aromatic nitrogens is 2. The molecule has 7 aromatic carbocycles. The molecule has 3 aromatic heterocycles. The molecule has 10 aromatic rings. The summed E-state index contributed by atoms with van der Waals surface area (Å²) in [4.78, 5) is 0. The van der Waals surface area contributed by atoms with Crippen molar-refractivity contribution in [3.05, 3.63) is 146 Å². The fourth-order valence-electron chi connectivity index (χ4n) is 7.38. The largest absolute Gasteiger partial charge is 0.455 e. The van der Waals surface area contributed by atoms with Crippen LogP contribution in [0.3, 0.4) is 0 Å². The zero-order valence-electron chi connectivity index (χ0n) is 23.2. The zero-order chi connectivity index (χ0) is 28.1. The predicted octanol–water partition coefficient (Wildman–Crippen LogP) is 10.9. The molecule has 0 spiro atoms.